The molecular weight excluding hydrogens is 296 g/mol. The van der Waals surface area contributed by atoms with Crippen molar-refractivity contribution in [2.75, 3.05) is 13.1 Å². The average molecular weight is 322 g/mol. The van der Waals surface area contributed by atoms with Gasteiger partial charge in [-0.15, -0.1) is 11.3 Å². The molecule has 0 aromatic carbocycles. The highest BCUT2D eigenvalue weighted by Crippen LogP contribution is 2.37. The fourth-order valence-corrected chi connectivity index (χ4v) is 3.69. The maximum Gasteiger partial charge on any atom is 0.317 e. The zero-order valence-corrected chi connectivity index (χ0v) is 14.1. The van der Waals surface area contributed by atoms with Crippen LogP contribution >= 0.6 is 11.3 Å². The van der Waals surface area contributed by atoms with E-state index in [1.54, 1.807) is 11.3 Å². The van der Waals surface area contributed by atoms with E-state index in [9.17, 15) is 4.79 Å². The predicted molar refractivity (Wildman–Crippen MR) is 89.0 cm³/mol. The first-order chi connectivity index (χ1) is 10.8. The molecule has 22 heavy (non-hydrogen) atoms. The number of morpholine rings is 1. The van der Waals surface area contributed by atoms with E-state index < -0.39 is 0 Å². The molecule has 122 valence electrons. The second-order valence-electron chi connectivity index (χ2n) is 6.42. The molecule has 0 spiro atoms. The summed E-state index contributed by atoms with van der Waals surface area (Å²) in [5.74, 6) is 0.678. The highest BCUT2D eigenvalue weighted by molar-refractivity contribution is 7.09. The molecule has 5 heteroatoms. The molecular formula is C17H26N2O2S. The number of rotatable bonds is 6. The number of nitrogens with zero attached hydrogens (tertiary/aromatic N) is 1. The first-order valence-corrected chi connectivity index (χ1v) is 9.35. The minimum absolute atomic E-state index is 0.0591. The second kappa shape index (κ2) is 7.47. The van der Waals surface area contributed by atoms with Crippen LogP contribution in [-0.4, -0.2) is 36.2 Å². The third-order valence-corrected chi connectivity index (χ3v) is 5.38. The van der Waals surface area contributed by atoms with Crippen molar-refractivity contribution in [2.24, 2.45) is 5.92 Å². The molecule has 1 saturated heterocycles. The fraction of sp³-hybridized carbons (Fsp3) is 0.706. The summed E-state index contributed by atoms with van der Waals surface area (Å²) in [4.78, 5) is 15.6. The molecule has 1 aliphatic carbocycles. The molecule has 0 bridgehead atoms. The minimum Gasteiger partial charge on any atom is -0.371 e. The van der Waals surface area contributed by atoms with Gasteiger partial charge in [0.25, 0.3) is 0 Å². The monoisotopic (exact) mass is 322 g/mol. The lowest BCUT2D eigenvalue weighted by Gasteiger charge is -2.38. The smallest absolute Gasteiger partial charge is 0.317 e. The van der Waals surface area contributed by atoms with E-state index in [2.05, 4.69) is 18.3 Å². The van der Waals surface area contributed by atoms with Gasteiger partial charge in [-0.3, -0.25) is 0 Å². The van der Waals surface area contributed by atoms with E-state index in [1.165, 1.54) is 30.6 Å². The zero-order valence-electron chi connectivity index (χ0n) is 13.3. The van der Waals surface area contributed by atoms with Crippen molar-refractivity contribution in [1.82, 2.24) is 10.2 Å². The summed E-state index contributed by atoms with van der Waals surface area (Å²) in [5.41, 5.74) is 0. The third kappa shape index (κ3) is 4.23. The lowest BCUT2D eigenvalue weighted by Crippen LogP contribution is -2.53. The van der Waals surface area contributed by atoms with Gasteiger partial charge in [-0.05, 0) is 36.6 Å². The molecule has 1 saturated carbocycles. The van der Waals surface area contributed by atoms with E-state index in [-0.39, 0.29) is 18.2 Å². The van der Waals surface area contributed by atoms with Crippen molar-refractivity contribution in [3.05, 3.63) is 22.4 Å². The number of carbonyl (C=O) groups excluding carboxylic acids is 1. The van der Waals surface area contributed by atoms with Crippen LogP contribution in [0.5, 0.6) is 0 Å². The number of unbranched alkanes of at least 4 members (excludes halogenated alkanes) is 1. The van der Waals surface area contributed by atoms with E-state index in [0.717, 1.165) is 19.5 Å². The SMILES string of the molecule is CCCC[C@@H]1CN(C(=O)NCc2cccs2)C[C@H](C2CC2)O1. The second-order valence-corrected chi connectivity index (χ2v) is 7.45. The van der Waals surface area contributed by atoms with Gasteiger partial charge < -0.3 is 15.0 Å². The number of amides is 2. The highest BCUT2D eigenvalue weighted by atomic mass is 32.1. The van der Waals surface area contributed by atoms with E-state index in [1.807, 2.05) is 16.3 Å². The van der Waals surface area contributed by atoms with Gasteiger partial charge in [-0.25, -0.2) is 4.79 Å². The summed E-state index contributed by atoms with van der Waals surface area (Å²) in [6.45, 7) is 4.32. The van der Waals surface area contributed by atoms with Gasteiger partial charge in [-0.2, -0.15) is 0 Å². The van der Waals surface area contributed by atoms with Crippen LogP contribution in [0.15, 0.2) is 17.5 Å². The number of thiophene rings is 1. The molecule has 1 aromatic rings. The van der Waals surface area contributed by atoms with Crippen LogP contribution in [0.4, 0.5) is 4.79 Å². The third-order valence-electron chi connectivity index (χ3n) is 4.50. The summed E-state index contributed by atoms with van der Waals surface area (Å²) in [6.07, 6.45) is 6.40. The summed E-state index contributed by atoms with van der Waals surface area (Å²) < 4.78 is 6.22. The first kappa shape index (κ1) is 15.8. The van der Waals surface area contributed by atoms with Crippen LogP contribution in [0.1, 0.15) is 43.9 Å². The maximum atomic E-state index is 12.5. The van der Waals surface area contributed by atoms with Crippen LogP contribution < -0.4 is 5.32 Å². The van der Waals surface area contributed by atoms with Gasteiger partial charge in [0.2, 0.25) is 0 Å². The number of hydrogen-bond acceptors (Lipinski definition) is 3. The summed E-state index contributed by atoms with van der Waals surface area (Å²) in [7, 11) is 0. The fourth-order valence-electron chi connectivity index (χ4n) is 3.04. The van der Waals surface area contributed by atoms with Crippen LogP contribution in [0, 0.1) is 5.92 Å². The highest BCUT2D eigenvalue weighted by Gasteiger charge is 2.39. The first-order valence-electron chi connectivity index (χ1n) is 8.47. The van der Waals surface area contributed by atoms with Crippen molar-refractivity contribution in [1.29, 1.82) is 0 Å². The molecule has 2 heterocycles. The van der Waals surface area contributed by atoms with Crippen molar-refractivity contribution >= 4 is 17.4 Å². The Morgan fingerprint density at radius 2 is 2.32 bits per heavy atom. The largest absolute Gasteiger partial charge is 0.371 e. The molecule has 4 nitrogen and oxygen atoms in total. The van der Waals surface area contributed by atoms with Crippen LogP contribution in [-0.2, 0) is 11.3 Å². The molecule has 2 aliphatic rings. The molecule has 2 atom stereocenters. The summed E-state index contributed by atoms with van der Waals surface area (Å²) in [5, 5.41) is 5.09. The Balaban J connectivity index is 1.54. The van der Waals surface area contributed by atoms with Crippen LogP contribution in [0.25, 0.3) is 0 Å². The Bertz CT molecular complexity index is 473. The van der Waals surface area contributed by atoms with Crippen LogP contribution in [0.2, 0.25) is 0 Å². The number of carbonyl (C=O) groups is 1. The average Bonchev–Trinajstić information content (AvgIpc) is 3.27. The molecule has 0 unspecified atom stereocenters. The summed E-state index contributed by atoms with van der Waals surface area (Å²) >= 11 is 1.68. The van der Waals surface area contributed by atoms with Crippen LogP contribution in [0.3, 0.4) is 0 Å². The molecule has 1 N–H and O–H groups in total. The Morgan fingerprint density at radius 1 is 1.45 bits per heavy atom. The summed E-state index contributed by atoms with van der Waals surface area (Å²) in [6, 6.07) is 4.13. The van der Waals surface area contributed by atoms with E-state index in [0.29, 0.717) is 12.5 Å². The van der Waals surface area contributed by atoms with Gasteiger partial charge in [0.1, 0.15) is 0 Å². The minimum atomic E-state index is 0.0591. The molecule has 1 aliphatic heterocycles. The van der Waals surface area contributed by atoms with E-state index in [4.69, 9.17) is 4.74 Å². The van der Waals surface area contributed by atoms with Gasteiger partial charge >= 0.3 is 6.03 Å². The Morgan fingerprint density at radius 3 is 3.00 bits per heavy atom. The van der Waals surface area contributed by atoms with Crippen molar-refractivity contribution in [2.45, 2.75) is 57.8 Å². The van der Waals surface area contributed by atoms with Crippen molar-refractivity contribution in [3.63, 3.8) is 0 Å². The van der Waals surface area contributed by atoms with E-state index >= 15 is 0 Å². The topological polar surface area (TPSA) is 41.6 Å². The van der Waals surface area contributed by atoms with Gasteiger partial charge in [0, 0.05) is 18.0 Å². The van der Waals surface area contributed by atoms with Crippen molar-refractivity contribution in [3.8, 4) is 0 Å². The molecule has 2 fully saturated rings. The predicted octanol–water partition coefficient (Wildman–Crippen LogP) is 3.63. The van der Waals surface area contributed by atoms with Crippen molar-refractivity contribution < 1.29 is 9.53 Å². The Labute approximate surface area is 136 Å². The number of ether oxygens (including phenoxy) is 1. The zero-order chi connectivity index (χ0) is 15.4. The molecule has 1 aromatic heterocycles. The normalized spacial score (nSPS) is 25.2. The maximum absolute atomic E-state index is 12.5. The quantitative estimate of drug-likeness (QED) is 0.869. The standard InChI is InChI=1S/C17H26N2O2S/c1-2-3-5-14-11-19(12-16(21-14)13-7-8-13)17(20)18-10-15-6-4-9-22-15/h4,6,9,13-14,16H,2-3,5,7-8,10-12H2,1H3,(H,18,20)/t14-,16-/m1/s1. The molecule has 3 rings (SSSR count). The van der Waals surface area contributed by atoms with Gasteiger partial charge in [0.15, 0.2) is 0 Å². The number of urea groups is 1. The Hall–Kier alpha value is -1.07. The molecule has 0 radical (unpaired) electrons. The van der Waals surface area contributed by atoms with Gasteiger partial charge in [0.05, 0.1) is 18.8 Å². The Kier molecular flexibility index (Phi) is 5.37. The number of nitrogens with one attached hydrogen (secondary N) is 1. The lowest BCUT2D eigenvalue weighted by molar-refractivity contribution is -0.0848. The number of hydrogen-bond donors (Lipinski definition) is 1. The lowest BCUT2D eigenvalue weighted by atomic mass is 10.1. The van der Waals surface area contributed by atoms with Gasteiger partial charge in [-0.1, -0.05) is 25.8 Å². The molecule has 2 amide bonds.